The number of amides is 3. The molecule has 2 fully saturated rings. The van der Waals surface area contributed by atoms with Gasteiger partial charge in [-0.05, 0) is 42.4 Å². The molecule has 1 saturated heterocycles. The number of nitrogens with one attached hydrogen (secondary N) is 1. The lowest BCUT2D eigenvalue weighted by atomic mass is 9.89. The predicted molar refractivity (Wildman–Crippen MR) is 104 cm³/mol. The van der Waals surface area contributed by atoms with Gasteiger partial charge in [0.2, 0.25) is 5.91 Å². The van der Waals surface area contributed by atoms with Gasteiger partial charge >= 0.3 is 6.03 Å². The Morgan fingerprint density at radius 2 is 1.81 bits per heavy atom. The number of nitrogens with zero attached hydrogens (tertiary/aromatic N) is 2. The highest BCUT2D eigenvalue weighted by Gasteiger charge is 2.30. The fourth-order valence-electron chi connectivity index (χ4n) is 3.89. The molecular weight excluding hydrogens is 326 g/mol. The first-order chi connectivity index (χ1) is 12.5. The van der Waals surface area contributed by atoms with Crippen molar-refractivity contribution in [2.75, 3.05) is 31.1 Å². The zero-order valence-electron chi connectivity index (χ0n) is 16.0. The molecule has 2 aliphatic rings. The summed E-state index contributed by atoms with van der Waals surface area (Å²) in [4.78, 5) is 28.3. The lowest BCUT2D eigenvalue weighted by Crippen LogP contribution is -2.41. The smallest absolute Gasteiger partial charge is 0.325 e. The van der Waals surface area contributed by atoms with Gasteiger partial charge in [-0.1, -0.05) is 45.2 Å². The van der Waals surface area contributed by atoms with Crippen LogP contribution in [-0.4, -0.2) is 43.0 Å². The molecule has 5 heteroatoms. The number of urea groups is 1. The summed E-state index contributed by atoms with van der Waals surface area (Å²) in [6.45, 7) is 6.46. The number of carbonyl (C=O) groups is 2. The van der Waals surface area contributed by atoms with Crippen molar-refractivity contribution < 1.29 is 9.59 Å². The second-order valence-corrected chi connectivity index (χ2v) is 7.91. The number of rotatable bonds is 6. The maximum absolute atomic E-state index is 12.6. The van der Waals surface area contributed by atoms with Crippen molar-refractivity contribution in [2.24, 2.45) is 5.92 Å². The summed E-state index contributed by atoms with van der Waals surface area (Å²) in [7, 11) is 0. The summed E-state index contributed by atoms with van der Waals surface area (Å²) in [5.74, 6) is 1.04. The van der Waals surface area contributed by atoms with E-state index < -0.39 is 0 Å². The molecular formula is C21H31N3O2. The number of carbonyl (C=O) groups excluding carboxylic acids is 2. The molecule has 142 valence electrons. The van der Waals surface area contributed by atoms with Crippen LogP contribution in [0, 0.1) is 5.92 Å². The van der Waals surface area contributed by atoms with Gasteiger partial charge in [-0.15, -0.1) is 0 Å². The average molecular weight is 357 g/mol. The van der Waals surface area contributed by atoms with Gasteiger partial charge in [0.25, 0.3) is 0 Å². The molecule has 1 saturated carbocycles. The molecule has 0 bridgehead atoms. The average Bonchev–Trinajstić information content (AvgIpc) is 3.01. The van der Waals surface area contributed by atoms with Crippen molar-refractivity contribution >= 4 is 17.6 Å². The van der Waals surface area contributed by atoms with Crippen LogP contribution in [0.4, 0.5) is 10.5 Å². The van der Waals surface area contributed by atoms with Crippen LogP contribution in [0.1, 0.15) is 57.4 Å². The van der Waals surface area contributed by atoms with Gasteiger partial charge in [-0.3, -0.25) is 9.69 Å². The van der Waals surface area contributed by atoms with Gasteiger partial charge in [0.15, 0.2) is 0 Å². The molecule has 5 nitrogen and oxygen atoms in total. The van der Waals surface area contributed by atoms with E-state index in [1.165, 1.54) is 37.7 Å². The van der Waals surface area contributed by atoms with Gasteiger partial charge < -0.3 is 10.2 Å². The fraction of sp³-hybridized carbons (Fsp3) is 0.619. The van der Waals surface area contributed by atoms with E-state index in [0.717, 1.165) is 12.2 Å². The van der Waals surface area contributed by atoms with Crippen LogP contribution in [0.5, 0.6) is 0 Å². The minimum Gasteiger partial charge on any atom is -0.354 e. The fourth-order valence-corrected chi connectivity index (χ4v) is 3.89. The summed E-state index contributed by atoms with van der Waals surface area (Å²) in [5, 5.41) is 3.02. The van der Waals surface area contributed by atoms with Crippen molar-refractivity contribution in [1.82, 2.24) is 10.2 Å². The molecule has 1 aromatic rings. The monoisotopic (exact) mass is 357 g/mol. The Bertz CT molecular complexity index is 621. The van der Waals surface area contributed by atoms with Crippen LogP contribution in [0.2, 0.25) is 0 Å². The lowest BCUT2D eigenvalue weighted by molar-refractivity contribution is -0.121. The first kappa shape index (κ1) is 18.7. The topological polar surface area (TPSA) is 52.6 Å². The summed E-state index contributed by atoms with van der Waals surface area (Å²) < 4.78 is 0. The molecule has 26 heavy (non-hydrogen) atoms. The Labute approximate surface area is 156 Å². The van der Waals surface area contributed by atoms with E-state index >= 15 is 0 Å². The number of hydrogen-bond donors (Lipinski definition) is 1. The van der Waals surface area contributed by atoms with Crippen LogP contribution in [0.15, 0.2) is 24.3 Å². The standard InChI is InChI=1S/C21H31N3O2/c1-16(2)18-8-10-19(11-9-18)24-13-12-23(21(24)26)15-20(25)22-14-17-6-4-3-5-7-17/h8-11,16-17H,3-7,12-15H2,1-2H3,(H,22,25). The van der Waals surface area contributed by atoms with E-state index in [2.05, 4.69) is 31.3 Å². The minimum atomic E-state index is -0.0740. The third kappa shape index (κ3) is 4.57. The van der Waals surface area contributed by atoms with E-state index in [9.17, 15) is 9.59 Å². The van der Waals surface area contributed by atoms with Gasteiger partial charge in [0.05, 0.1) is 0 Å². The van der Waals surface area contributed by atoms with E-state index in [1.54, 1.807) is 9.80 Å². The van der Waals surface area contributed by atoms with Crippen LogP contribution in [-0.2, 0) is 4.79 Å². The first-order valence-electron chi connectivity index (χ1n) is 9.97. The summed E-state index contributed by atoms with van der Waals surface area (Å²) >= 11 is 0. The molecule has 1 aliphatic carbocycles. The van der Waals surface area contributed by atoms with Crippen molar-refractivity contribution in [3.05, 3.63) is 29.8 Å². The first-order valence-corrected chi connectivity index (χ1v) is 9.97. The summed E-state index contributed by atoms with van der Waals surface area (Å²) in [6, 6.07) is 8.08. The highest BCUT2D eigenvalue weighted by atomic mass is 16.2. The van der Waals surface area contributed by atoms with E-state index in [0.29, 0.717) is 24.9 Å². The van der Waals surface area contributed by atoms with Gasteiger partial charge in [-0.25, -0.2) is 4.79 Å². The van der Waals surface area contributed by atoms with Gasteiger partial charge in [0.1, 0.15) is 6.54 Å². The predicted octanol–water partition coefficient (Wildman–Crippen LogP) is 3.75. The number of benzene rings is 1. The van der Waals surface area contributed by atoms with E-state index in [4.69, 9.17) is 0 Å². The maximum atomic E-state index is 12.6. The van der Waals surface area contributed by atoms with Crippen LogP contribution < -0.4 is 10.2 Å². The van der Waals surface area contributed by atoms with Crippen LogP contribution in [0.25, 0.3) is 0 Å². The molecule has 1 heterocycles. The molecule has 3 rings (SSSR count). The highest BCUT2D eigenvalue weighted by molar-refractivity contribution is 5.96. The molecule has 0 aromatic heterocycles. The molecule has 3 amide bonds. The Kier molecular flexibility index (Phi) is 6.17. The lowest BCUT2D eigenvalue weighted by Gasteiger charge is -2.23. The molecule has 1 N–H and O–H groups in total. The van der Waals surface area contributed by atoms with Crippen LogP contribution in [0.3, 0.4) is 0 Å². The SMILES string of the molecule is CC(C)c1ccc(N2CCN(CC(=O)NCC3CCCCC3)C2=O)cc1. The number of anilines is 1. The molecule has 0 unspecified atom stereocenters. The Balaban J connectivity index is 1.49. The zero-order chi connectivity index (χ0) is 18.5. The number of hydrogen-bond acceptors (Lipinski definition) is 2. The van der Waals surface area contributed by atoms with Gasteiger partial charge in [-0.2, -0.15) is 0 Å². The molecule has 1 aliphatic heterocycles. The van der Waals surface area contributed by atoms with Crippen molar-refractivity contribution in [2.45, 2.75) is 51.9 Å². The normalized spacial score (nSPS) is 18.7. The molecule has 0 spiro atoms. The summed E-state index contributed by atoms with van der Waals surface area (Å²) in [6.07, 6.45) is 6.29. The van der Waals surface area contributed by atoms with Crippen LogP contribution >= 0.6 is 0 Å². The van der Waals surface area contributed by atoms with Gasteiger partial charge in [0, 0.05) is 25.3 Å². The Hall–Kier alpha value is -2.04. The van der Waals surface area contributed by atoms with E-state index in [-0.39, 0.29) is 18.5 Å². The molecule has 1 aromatic carbocycles. The zero-order valence-corrected chi connectivity index (χ0v) is 16.0. The Morgan fingerprint density at radius 1 is 1.12 bits per heavy atom. The molecule has 0 radical (unpaired) electrons. The van der Waals surface area contributed by atoms with Crippen molar-refractivity contribution in [3.63, 3.8) is 0 Å². The van der Waals surface area contributed by atoms with Crippen molar-refractivity contribution in [3.8, 4) is 0 Å². The quantitative estimate of drug-likeness (QED) is 0.843. The third-order valence-electron chi connectivity index (χ3n) is 5.61. The summed E-state index contributed by atoms with van der Waals surface area (Å²) in [5.41, 5.74) is 2.17. The minimum absolute atomic E-state index is 0.0408. The molecule has 0 atom stereocenters. The maximum Gasteiger partial charge on any atom is 0.325 e. The van der Waals surface area contributed by atoms with Crippen molar-refractivity contribution in [1.29, 1.82) is 0 Å². The second kappa shape index (κ2) is 8.56. The third-order valence-corrected chi connectivity index (χ3v) is 5.61. The van der Waals surface area contributed by atoms with E-state index in [1.807, 2.05) is 12.1 Å². The largest absolute Gasteiger partial charge is 0.354 e. The second-order valence-electron chi connectivity index (χ2n) is 7.91. The highest BCUT2D eigenvalue weighted by Crippen LogP contribution is 2.24. The Morgan fingerprint density at radius 3 is 2.46 bits per heavy atom.